The SMILES string of the molecule is CSc1nccn1-c1cccc(C(=O)NCCc2ccc(OC(F)F)cc2)c1. The number of thioether (sulfide) groups is 1. The van der Waals surface area contributed by atoms with Crippen molar-refractivity contribution < 1.29 is 18.3 Å². The van der Waals surface area contributed by atoms with Gasteiger partial charge in [0.15, 0.2) is 5.16 Å². The van der Waals surface area contributed by atoms with Crippen molar-refractivity contribution in [3.63, 3.8) is 0 Å². The van der Waals surface area contributed by atoms with Crippen LogP contribution in [0.1, 0.15) is 15.9 Å². The zero-order chi connectivity index (χ0) is 19.9. The van der Waals surface area contributed by atoms with E-state index in [0.29, 0.717) is 18.5 Å². The molecular formula is C20H19F2N3O2S. The minimum Gasteiger partial charge on any atom is -0.435 e. The van der Waals surface area contributed by atoms with Gasteiger partial charge < -0.3 is 10.1 Å². The molecule has 1 N–H and O–H groups in total. The highest BCUT2D eigenvalue weighted by Gasteiger charge is 2.09. The smallest absolute Gasteiger partial charge is 0.387 e. The first-order chi connectivity index (χ1) is 13.6. The summed E-state index contributed by atoms with van der Waals surface area (Å²) >= 11 is 1.53. The highest BCUT2D eigenvalue weighted by atomic mass is 32.2. The second-order valence-electron chi connectivity index (χ2n) is 5.86. The first-order valence-electron chi connectivity index (χ1n) is 8.56. The van der Waals surface area contributed by atoms with Gasteiger partial charge in [0, 0.05) is 30.2 Å². The molecule has 1 amide bonds. The number of nitrogens with one attached hydrogen (secondary N) is 1. The third-order valence-electron chi connectivity index (χ3n) is 4.02. The molecule has 0 aliphatic rings. The van der Waals surface area contributed by atoms with E-state index in [0.717, 1.165) is 16.4 Å². The molecule has 1 aromatic heterocycles. The van der Waals surface area contributed by atoms with E-state index in [1.165, 1.54) is 23.9 Å². The molecule has 0 saturated carbocycles. The molecule has 0 radical (unpaired) electrons. The average molecular weight is 403 g/mol. The van der Waals surface area contributed by atoms with Crippen LogP contribution in [0.2, 0.25) is 0 Å². The van der Waals surface area contributed by atoms with Crippen LogP contribution in [0.5, 0.6) is 5.75 Å². The average Bonchev–Trinajstić information content (AvgIpc) is 3.18. The predicted octanol–water partition coefficient (Wildman–Crippen LogP) is 4.17. The topological polar surface area (TPSA) is 56.2 Å². The number of rotatable bonds is 8. The Morgan fingerprint density at radius 1 is 1.25 bits per heavy atom. The van der Waals surface area contributed by atoms with Gasteiger partial charge in [-0.25, -0.2) is 4.98 Å². The number of hydrogen-bond donors (Lipinski definition) is 1. The first-order valence-corrected chi connectivity index (χ1v) is 9.79. The lowest BCUT2D eigenvalue weighted by molar-refractivity contribution is -0.0498. The molecule has 0 aliphatic carbocycles. The third-order valence-corrected chi connectivity index (χ3v) is 4.69. The lowest BCUT2D eigenvalue weighted by Crippen LogP contribution is -2.25. The molecule has 2 aromatic carbocycles. The number of carbonyl (C=O) groups is 1. The van der Waals surface area contributed by atoms with E-state index in [1.54, 1.807) is 24.4 Å². The number of aromatic nitrogens is 2. The number of halogens is 2. The first kappa shape index (κ1) is 19.9. The molecule has 1 heterocycles. The molecule has 0 unspecified atom stereocenters. The molecule has 28 heavy (non-hydrogen) atoms. The number of hydrogen-bond acceptors (Lipinski definition) is 4. The van der Waals surface area contributed by atoms with Gasteiger partial charge in [-0.1, -0.05) is 30.0 Å². The molecule has 3 aromatic rings. The monoisotopic (exact) mass is 403 g/mol. The van der Waals surface area contributed by atoms with Crippen molar-refractivity contribution in [2.24, 2.45) is 0 Å². The minimum absolute atomic E-state index is 0.115. The number of carbonyl (C=O) groups excluding carboxylic acids is 1. The normalized spacial score (nSPS) is 10.9. The summed E-state index contributed by atoms with van der Waals surface area (Å²) in [6.07, 6.45) is 6.10. The molecular weight excluding hydrogens is 384 g/mol. The van der Waals surface area contributed by atoms with E-state index < -0.39 is 6.61 Å². The summed E-state index contributed by atoms with van der Waals surface area (Å²) in [7, 11) is 0. The van der Waals surface area contributed by atoms with Crippen molar-refractivity contribution in [2.75, 3.05) is 12.8 Å². The van der Waals surface area contributed by atoms with Crippen molar-refractivity contribution in [1.82, 2.24) is 14.9 Å². The van der Waals surface area contributed by atoms with Crippen molar-refractivity contribution >= 4 is 17.7 Å². The van der Waals surface area contributed by atoms with E-state index in [9.17, 15) is 13.6 Å². The van der Waals surface area contributed by atoms with Gasteiger partial charge in [-0.3, -0.25) is 9.36 Å². The summed E-state index contributed by atoms with van der Waals surface area (Å²) in [6.45, 7) is -2.41. The number of imidazole rings is 1. The van der Waals surface area contributed by atoms with E-state index in [-0.39, 0.29) is 11.7 Å². The van der Waals surface area contributed by atoms with Crippen LogP contribution in [0.25, 0.3) is 5.69 Å². The van der Waals surface area contributed by atoms with Gasteiger partial charge >= 0.3 is 6.61 Å². The molecule has 8 heteroatoms. The van der Waals surface area contributed by atoms with Crippen molar-refractivity contribution in [3.05, 3.63) is 72.1 Å². The third kappa shape index (κ3) is 5.10. The summed E-state index contributed by atoms with van der Waals surface area (Å²) in [5.41, 5.74) is 2.33. The second kappa shape index (κ2) is 9.36. The predicted molar refractivity (Wildman–Crippen MR) is 104 cm³/mol. The van der Waals surface area contributed by atoms with Gasteiger partial charge in [-0.2, -0.15) is 8.78 Å². The summed E-state index contributed by atoms with van der Waals surface area (Å²) in [5, 5.41) is 3.72. The number of benzene rings is 2. The van der Waals surface area contributed by atoms with Crippen LogP contribution in [0.4, 0.5) is 8.78 Å². The van der Waals surface area contributed by atoms with Gasteiger partial charge in [0.25, 0.3) is 5.91 Å². The number of ether oxygens (including phenoxy) is 1. The fourth-order valence-electron chi connectivity index (χ4n) is 2.69. The van der Waals surface area contributed by atoms with E-state index in [4.69, 9.17) is 0 Å². The van der Waals surface area contributed by atoms with Crippen LogP contribution in [-0.2, 0) is 6.42 Å². The Kier molecular flexibility index (Phi) is 6.65. The molecule has 3 rings (SSSR count). The van der Waals surface area contributed by atoms with Gasteiger partial charge in [-0.05, 0) is 48.6 Å². The van der Waals surface area contributed by atoms with Gasteiger partial charge in [0.05, 0.1) is 0 Å². The van der Waals surface area contributed by atoms with Crippen LogP contribution >= 0.6 is 11.8 Å². The lowest BCUT2D eigenvalue weighted by atomic mass is 10.1. The van der Waals surface area contributed by atoms with E-state index >= 15 is 0 Å². The zero-order valence-corrected chi connectivity index (χ0v) is 16.0. The van der Waals surface area contributed by atoms with Crippen LogP contribution in [0, 0.1) is 0 Å². The molecule has 5 nitrogen and oxygen atoms in total. The molecule has 0 saturated heterocycles. The standard InChI is InChI=1S/C20H19F2N3O2S/c1-28-20-24-11-12-25(20)16-4-2-3-15(13-16)18(26)23-10-9-14-5-7-17(8-6-14)27-19(21)22/h2-8,11-13,19H,9-10H2,1H3,(H,23,26). The number of nitrogens with zero attached hydrogens (tertiary/aromatic N) is 2. The van der Waals surface area contributed by atoms with Gasteiger partial charge in [0.1, 0.15) is 5.75 Å². The maximum Gasteiger partial charge on any atom is 0.387 e. The summed E-state index contributed by atoms with van der Waals surface area (Å²) in [4.78, 5) is 16.7. The Hall–Kier alpha value is -2.87. The molecule has 0 atom stereocenters. The molecule has 0 aliphatic heterocycles. The van der Waals surface area contributed by atoms with Crippen molar-refractivity contribution in [1.29, 1.82) is 0 Å². The minimum atomic E-state index is -2.84. The van der Waals surface area contributed by atoms with Crippen LogP contribution in [0.3, 0.4) is 0 Å². The maximum atomic E-state index is 12.4. The fraction of sp³-hybridized carbons (Fsp3) is 0.200. The molecule has 0 spiro atoms. The quantitative estimate of drug-likeness (QED) is 0.574. The summed E-state index contributed by atoms with van der Waals surface area (Å²) in [6, 6.07) is 13.7. The highest BCUT2D eigenvalue weighted by molar-refractivity contribution is 7.98. The zero-order valence-electron chi connectivity index (χ0n) is 15.1. The van der Waals surface area contributed by atoms with Crippen molar-refractivity contribution in [3.8, 4) is 11.4 Å². The number of amides is 1. The fourth-order valence-corrected chi connectivity index (χ4v) is 3.22. The van der Waals surface area contributed by atoms with E-state index in [2.05, 4.69) is 15.0 Å². The van der Waals surface area contributed by atoms with E-state index in [1.807, 2.05) is 35.2 Å². The van der Waals surface area contributed by atoms with Gasteiger partial charge in [-0.15, -0.1) is 0 Å². The highest BCUT2D eigenvalue weighted by Crippen LogP contribution is 2.19. The Labute approximate surface area is 165 Å². The molecule has 0 fully saturated rings. The molecule has 0 bridgehead atoms. The Balaban J connectivity index is 1.57. The van der Waals surface area contributed by atoms with Crippen LogP contribution in [-0.4, -0.2) is 34.9 Å². The Morgan fingerprint density at radius 2 is 2.04 bits per heavy atom. The Morgan fingerprint density at radius 3 is 2.75 bits per heavy atom. The molecule has 146 valence electrons. The van der Waals surface area contributed by atoms with Crippen LogP contribution < -0.4 is 10.1 Å². The van der Waals surface area contributed by atoms with Crippen molar-refractivity contribution in [2.45, 2.75) is 18.2 Å². The number of alkyl halides is 2. The van der Waals surface area contributed by atoms with Crippen LogP contribution in [0.15, 0.2) is 66.1 Å². The summed E-state index contributed by atoms with van der Waals surface area (Å²) in [5.74, 6) is -0.0611. The second-order valence-corrected chi connectivity index (χ2v) is 6.64. The maximum absolute atomic E-state index is 12.4. The lowest BCUT2D eigenvalue weighted by Gasteiger charge is -2.10. The Bertz CT molecular complexity index is 929. The summed E-state index contributed by atoms with van der Waals surface area (Å²) < 4.78 is 30.6. The largest absolute Gasteiger partial charge is 0.435 e. The van der Waals surface area contributed by atoms with Gasteiger partial charge in [0.2, 0.25) is 0 Å².